The molecule has 0 aromatic carbocycles. The summed E-state index contributed by atoms with van der Waals surface area (Å²) >= 11 is 1.78. The average Bonchev–Trinajstić information content (AvgIpc) is 1.83. The van der Waals surface area contributed by atoms with Crippen molar-refractivity contribution in [2.45, 2.75) is 25.1 Å². The molecule has 0 spiro atoms. The summed E-state index contributed by atoms with van der Waals surface area (Å²) in [6.07, 6.45) is 0. The average molecular weight is 149 g/mol. The predicted octanol–water partition coefficient (Wildman–Crippen LogP) is 0.448. The van der Waals surface area contributed by atoms with Crippen LogP contribution in [0.15, 0.2) is 0 Å². The molecular formula is C6H15NOS. The number of hydrogen-bond acceptors (Lipinski definition) is 3. The van der Waals surface area contributed by atoms with Crippen LogP contribution in [0.5, 0.6) is 0 Å². The number of aliphatic hydroxyl groups is 1. The molecule has 0 fully saturated rings. The molecule has 0 aliphatic carbocycles. The summed E-state index contributed by atoms with van der Waals surface area (Å²) in [7, 11) is 0. The van der Waals surface area contributed by atoms with Gasteiger partial charge in [0.05, 0.1) is 6.61 Å². The first kappa shape index (κ1) is 9.27. The van der Waals surface area contributed by atoms with Gasteiger partial charge in [0.25, 0.3) is 0 Å². The summed E-state index contributed by atoms with van der Waals surface area (Å²) in [6, 6.07) is -0.0441. The molecule has 2 nitrogen and oxygen atoms in total. The number of nitrogens with two attached hydrogens (primary N) is 1. The van der Waals surface area contributed by atoms with Gasteiger partial charge in [0, 0.05) is 11.8 Å². The minimum absolute atomic E-state index is 0.0441. The fourth-order valence-electron chi connectivity index (χ4n) is 0.369. The highest BCUT2D eigenvalue weighted by Crippen LogP contribution is 2.08. The van der Waals surface area contributed by atoms with Gasteiger partial charge in [0.15, 0.2) is 0 Å². The van der Waals surface area contributed by atoms with E-state index in [9.17, 15) is 0 Å². The van der Waals surface area contributed by atoms with Gasteiger partial charge in [-0.15, -0.1) is 0 Å². The lowest BCUT2D eigenvalue weighted by Crippen LogP contribution is -2.27. The first-order valence-electron chi connectivity index (χ1n) is 3.15. The maximum Gasteiger partial charge on any atom is 0.0590 e. The Balaban J connectivity index is 3.06. The van der Waals surface area contributed by atoms with Gasteiger partial charge < -0.3 is 10.8 Å². The quantitative estimate of drug-likeness (QED) is 0.610. The highest BCUT2D eigenvalue weighted by atomic mass is 32.2. The molecule has 0 aliphatic rings. The fourth-order valence-corrected chi connectivity index (χ4v) is 1.11. The zero-order valence-corrected chi connectivity index (χ0v) is 6.82. The van der Waals surface area contributed by atoms with E-state index in [1.165, 1.54) is 0 Å². The summed E-state index contributed by atoms with van der Waals surface area (Å²) < 4.78 is 0. The van der Waals surface area contributed by atoms with Gasteiger partial charge in [-0.1, -0.05) is 13.8 Å². The number of thioether (sulfide) groups is 1. The lowest BCUT2D eigenvalue weighted by molar-refractivity contribution is 0.275. The van der Waals surface area contributed by atoms with Crippen LogP contribution in [0.3, 0.4) is 0 Å². The van der Waals surface area contributed by atoms with Crippen LogP contribution in [0.1, 0.15) is 13.8 Å². The van der Waals surface area contributed by atoms with E-state index in [0.29, 0.717) is 5.25 Å². The van der Waals surface area contributed by atoms with Crippen molar-refractivity contribution >= 4 is 11.8 Å². The molecule has 1 atom stereocenters. The minimum atomic E-state index is -0.0441. The summed E-state index contributed by atoms with van der Waals surface area (Å²) in [5.41, 5.74) is 5.45. The Morgan fingerprint density at radius 1 is 1.56 bits per heavy atom. The zero-order valence-electron chi connectivity index (χ0n) is 6.00. The van der Waals surface area contributed by atoms with Crippen molar-refractivity contribution in [3.05, 3.63) is 0 Å². The van der Waals surface area contributed by atoms with Crippen LogP contribution < -0.4 is 5.73 Å². The van der Waals surface area contributed by atoms with Crippen LogP contribution >= 0.6 is 11.8 Å². The first-order valence-corrected chi connectivity index (χ1v) is 4.19. The molecule has 0 rings (SSSR count). The molecule has 0 amide bonds. The standard InChI is InChI=1S/C6H15NOS/c1-5(2)9-4-6(7)3-8/h5-6,8H,3-4,7H2,1-2H3. The van der Waals surface area contributed by atoms with Crippen molar-refractivity contribution in [3.63, 3.8) is 0 Å². The van der Waals surface area contributed by atoms with Gasteiger partial charge in [-0.2, -0.15) is 11.8 Å². The van der Waals surface area contributed by atoms with Gasteiger partial charge >= 0.3 is 0 Å². The van der Waals surface area contributed by atoms with Crippen molar-refractivity contribution in [2.75, 3.05) is 12.4 Å². The summed E-state index contributed by atoms with van der Waals surface area (Å²) in [6.45, 7) is 4.34. The Labute approximate surface area is 60.8 Å². The molecule has 0 aromatic rings. The smallest absolute Gasteiger partial charge is 0.0590 e. The molecule has 3 heteroatoms. The predicted molar refractivity (Wildman–Crippen MR) is 42.7 cm³/mol. The summed E-state index contributed by atoms with van der Waals surface area (Å²) in [5.74, 6) is 0.855. The third-order valence-electron chi connectivity index (χ3n) is 0.878. The van der Waals surface area contributed by atoms with Crippen molar-refractivity contribution in [1.82, 2.24) is 0 Å². The maximum absolute atomic E-state index is 8.51. The fraction of sp³-hybridized carbons (Fsp3) is 1.00. The Morgan fingerprint density at radius 3 is 2.44 bits per heavy atom. The van der Waals surface area contributed by atoms with Crippen LogP contribution in [-0.2, 0) is 0 Å². The molecular weight excluding hydrogens is 134 g/mol. The number of aliphatic hydroxyl groups excluding tert-OH is 1. The van der Waals surface area contributed by atoms with Crippen LogP contribution in [0.4, 0.5) is 0 Å². The lowest BCUT2D eigenvalue weighted by atomic mass is 10.4. The van der Waals surface area contributed by atoms with E-state index < -0.39 is 0 Å². The van der Waals surface area contributed by atoms with E-state index in [4.69, 9.17) is 10.8 Å². The Kier molecular flexibility index (Phi) is 5.24. The van der Waals surface area contributed by atoms with Crippen molar-refractivity contribution in [1.29, 1.82) is 0 Å². The van der Waals surface area contributed by atoms with E-state index in [0.717, 1.165) is 5.75 Å². The summed E-state index contributed by atoms with van der Waals surface area (Å²) in [4.78, 5) is 0. The van der Waals surface area contributed by atoms with Crippen molar-refractivity contribution in [2.24, 2.45) is 5.73 Å². The molecule has 0 aliphatic heterocycles. The van der Waals surface area contributed by atoms with Crippen LogP contribution in [0.25, 0.3) is 0 Å². The molecule has 9 heavy (non-hydrogen) atoms. The summed E-state index contributed by atoms with van der Waals surface area (Å²) in [5, 5.41) is 9.12. The van der Waals surface area contributed by atoms with Gasteiger partial charge in [-0.25, -0.2) is 0 Å². The third kappa shape index (κ3) is 6.15. The second-order valence-corrected chi connectivity index (χ2v) is 3.93. The largest absolute Gasteiger partial charge is 0.395 e. The maximum atomic E-state index is 8.51. The Morgan fingerprint density at radius 2 is 2.11 bits per heavy atom. The highest BCUT2D eigenvalue weighted by Gasteiger charge is 2.00. The van der Waals surface area contributed by atoms with E-state index in [1.807, 2.05) is 0 Å². The lowest BCUT2D eigenvalue weighted by Gasteiger charge is -2.08. The molecule has 0 heterocycles. The van der Waals surface area contributed by atoms with Gasteiger partial charge in [-0.05, 0) is 5.25 Å². The zero-order chi connectivity index (χ0) is 7.28. The van der Waals surface area contributed by atoms with Crippen LogP contribution in [-0.4, -0.2) is 28.8 Å². The van der Waals surface area contributed by atoms with Crippen LogP contribution in [0.2, 0.25) is 0 Å². The molecule has 0 aromatic heterocycles. The van der Waals surface area contributed by atoms with Crippen molar-refractivity contribution < 1.29 is 5.11 Å². The van der Waals surface area contributed by atoms with Crippen molar-refractivity contribution in [3.8, 4) is 0 Å². The van der Waals surface area contributed by atoms with E-state index in [-0.39, 0.29) is 12.6 Å². The van der Waals surface area contributed by atoms with Crippen LogP contribution in [0, 0.1) is 0 Å². The minimum Gasteiger partial charge on any atom is -0.395 e. The Bertz CT molecular complexity index is 68.1. The third-order valence-corrected chi connectivity index (χ3v) is 2.17. The molecule has 0 saturated heterocycles. The monoisotopic (exact) mass is 149 g/mol. The topological polar surface area (TPSA) is 46.2 Å². The number of hydrogen-bond donors (Lipinski definition) is 2. The van der Waals surface area contributed by atoms with Gasteiger partial charge in [0.1, 0.15) is 0 Å². The SMILES string of the molecule is CC(C)SCC(N)CO. The first-order chi connectivity index (χ1) is 4.16. The Hall–Kier alpha value is 0.270. The molecule has 56 valence electrons. The van der Waals surface area contributed by atoms with E-state index in [2.05, 4.69) is 13.8 Å². The molecule has 0 radical (unpaired) electrons. The second kappa shape index (κ2) is 5.09. The highest BCUT2D eigenvalue weighted by molar-refractivity contribution is 7.99. The normalized spacial score (nSPS) is 14.3. The molecule has 0 bridgehead atoms. The van der Waals surface area contributed by atoms with Gasteiger partial charge in [-0.3, -0.25) is 0 Å². The van der Waals surface area contributed by atoms with E-state index >= 15 is 0 Å². The van der Waals surface area contributed by atoms with Gasteiger partial charge in [0.2, 0.25) is 0 Å². The van der Waals surface area contributed by atoms with E-state index in [1.54, 1.807) is 11.8 Å². The molecule has 1 unspecified atom stereocenters. The second-order valence-electron chi connectivity index (χ2n) is 2.32. The molecule has 3 N–H and O–H groups in total. The molecule has 0 saturated carbocycles. The number of rotatable bonds is 4.